The lowest BCUT2D eigenvalue weighted by Crippen LogP contribution is -2.28. The predicted molar refractivity (Wildman–Crippen MR) is 80.8 cm³/mol. The van der Waals surface area contributed by atoms with Crippen LogP contribution in [-0.2, 0) is 4.79 Å². The van der Waals surface area contributed by atoms with Gasteiger partial charge in [-0.3, -0.25) is 9.59 Å². The molecule has 6 nitrogen and oxygen atoms in total. The fourth-order valence-corrected chi connectivity index (χ4v) is 2.87. The second kappa shape index (κ2) is 6.62. The Balaban J connectivity index is 1.96. The van der Waals surface area contributed by atoms with Gasteiger partial charge in [-0.05, 0) is 19.1 Å². The molecule has 1 fully saturated rings. The Morgan fingerprint density at radius 2 is 2.19 bits per heavy atom. The maximum atomic E-state index is 11.9. The van der Waals surface area contributed by atoms with Crippen molar-refractivity contribution in [1.29, 1.82) is 0 Å². The summed E-state index contributed by atoms with van der Waals surface area (Å²) < 4.78 is 0. The maximum absolute atomic E-state index is 11.9. The zero-order valence-electron chi connectivity index (χ0n) is 11.6. The Hall–Kier alpha value is -2.02. The van der Waals surface area contributed by atoms with E-state index in [-0.39, 0.29) is 28.8 Å². The minimum absolute atomic E-state index is 0.00985. The number of amides is 2. The maximum Gasteiger partial charge on any atom is 0.337 e. The number of benzene rings is 1. The van der Waals surface area contributed by atoms with E-state index >= 15 is 0 Å². The summed E-state index contributed by atoms with van der Waals surface area (Å²) in [6.45, 7) is 2.79. The zero-order chi connectivity index (χ0) is 15.4. The van der Waals surface area contributed by atoms with Gasteiger partial charge in [0.1, 0.15) is 0 Å². The number of carboxylic acids is 1. The average molecular weight is 308 g/mol. The number of carbonyl (C=O) groups is 3. The molecule has 1 saturated heterocycles. The van der Waals surface area contributed by atoms with E-state index in [2.05, 4.69) is 5.32 Å². The van der Waals surface area contributed by atoms with Crippen LogP contribution in [0.4, 0.5) is 10.5 Å². The molecule has 1 aromatic carbocycles. The van der Waals surface area contributed by atoms with Crippen molar-refractivity contribution in [2.45, 2.75) is 13.3 Å². The molecule has 2 rings (SSSR count). The fourth-order valence-electron chi connectivity index (χ4n) is 2.02. The van der Waals surface area contributed by atoms with Crippen LogP contribution in [0, 0.1) is 6.92 Å². The smallest absolute Gasteiger partial charge is 0.337 e. The number of rotatable bonds is 5. The van der Waals surface area contributed by atoms with Gasteiger partial charge in [0.05, 0.1) is 11.3 Å². The van der Waals surface area contributed by atoms with Crippen molar-refractivity contribution >= 4 is 34.6 Å². The molecule has 1 aromatic rings. The number of carbonyl (C=O) groups excluding carboxylic acids is 2. The molecule has 0 aromatic heterocycles. The van der Waals surface area contributed by atoms with Crippen molar-refractivity contribution in [2.75, 3.05) is 24.2 Å². The summed E-state index contributed by atoms with van der Waals surface area (Å²) in [5.41, 5.74) is 1.15. The molecule has 0 bridgehead atoms. The van der Waals surface area contributed by atoms with E-state index in [9.17, 15) is 14.4 Å². The van der Waals surface area contributed by atoms with Crippen molar-refractivity contribution in [3.63, 3.8) is 0 Å². The highest BCUT2D eigenvalue weighted by molar-refractivity contribution is 8.13. The third-order valence-electron chi connectivity index (χ3n) is 3.13. The van der Waals surface area contributed by atoms with E-state index < -0.39 is 5.97 Å². The summed E-state index contributed by atoms with van der Waals surface area (Å²) in [5, 5.41) is 11.7. The first-order chi connectivity index (χ1) is 9.97. The van der Waals surface area contributed by atoms with Crippen molar-refractivity contribution in [3.05, 3.63) is 29.3 Å². The number of nitrogens with zero attached hydrogens (tertiary/aromatic N) is 1. The van der Waals surface area contributed by atoms with Gasteiger partial charge in [0.15, 0.2) is 0 Å². The van der Waals surface area contributed by atoms with Gasteiger partial charge >= 0.3 is 5.97 Å². The topological polar surface area (TPSA) is 86.7 Å². The molecule has 0 atom stereocenters. The lowest BCUT2D eigenvalue weighted by molar-refractivity contribution is -0.116. The normalized spacial score (nSPS) is 14.3. The number of aryl methyl sites for hydroxylation is 1. The standard InChI is InChI=1S/C14H16N2O4S/c1-9-2-3-11(10(8-9)13(18)19)15-12(17)4-5-16-6-7-21-14(16)20/h2-3,8H,4-7H2,1H3,(H,15,17)(H,18,19). The van der Waals surface area contributed by atoms with E-state index in [1.165, 1.54) is 17.8 Å². The van der Waals surface area contributed by atoms with Gasteiger partial charge in [0.2, 0.25) is 5.91 Å². The van der Waals surface area contributed by atoms with Crippen LogP contribution >= 0.6 is 11.8 Å². The van der Waals surface area contributed by atoms with Crippen LogP contribution < -0.4 is 5.32 Å². The first kappa shape index (κ1) is 15.4. The number of anilines is 1. The minimum Gasteiger partial charge on any atom is -0.478 e. The minimum atomic E-state index is -1.08. The second-order valence-electron chi connectivity index (χ2n) is 4.75. The molecular weight excluding hydrogens is 292 g/mol. The monoisotopic (exact) mass is 308 g/mol. The Morgan fingerprint density at radius 1 is 1.43 bits per heavy atom. The zero-order valence-corrected chi connectivity index (χ0v) is 12.4. The van der Waals surface area contributed by atoms with Gasteiger partial charge in [-0.2, -0.15) is 0 Å². The number of carboxylic acid groups (broad SMARTS) is 1. The number of hydrogen-bond acceptors (Lipinski definition) is 4. The Kier molecular flexibility index (Phi) is 4.85. The largest absolute Gasteiger partial charge is 0.478 e. The second-order valence-corrected chi connectivity index (χ2v) is 5.80. The van der Waals surface area contributed by atoms with Crippen LogP contribution in [0.1, 0.15) is 22.3 Å². The molecule has 0 saturated carbocycles. The summed E-state index contributed by atoms with van der Waals surface area (Å²) in [4.78, 5) is 36.1. The lowest BCUT2D eigenvalue weighted by atomic mass is 10.1. The van der Waals surface area contributed by atoms with Crippen molar-refractivity contribution in [3.8, 4) is 0 Å². The predicted octanol–water partition coefficient (Wildman–Crippen LogP) is 2.19. The van der Waals surface area contributed by atoms with Crippen LogP contribution in [0.3, 0.4) is 0 Å². The van der Waals surface area contributed by atoms with Gasteiger partial charge in [-0.25, -0.2) is 4.79 Å². The Bertz CT molecular complexity index is 588. The average Bonchev–Trinajstić information content (AvgIpc) is 2.84. The molecule has 1 aliphatic rings. The molecule has 0 aliphatic carbocycles. The van der Waals surface area contributed by atoms with Gasteiger partial charge in [-0.15, -0.1) is 0 Å². The van der Waals surface area contributed by atoms with Crippen molar-refractivity contribution in [2.24, 2.45) is 0 Å². The number of hydrogen-bond donors (Lipinski definition) is 2. The molecule has 0 spiro atoms. The first-order valence-corrected chi connectivity index (χ1v) is 7.51. The molecular formula is C14H16N2O4S. The molecule has 2 N–H and O–H groups in total. The summed E-state index contributed by atoms with van der Waals surface area (Å²) >= 11 is 1.25. The summed E-state index contributed by atoms with van der Waals surface area (Å²) in [7, 11) is 0. The van der Waals surface area contributed by atoms with Gasteiger partial charge in [-0.1, -0.05) is 23.4 Å². The number of aromatic carboxylic acids is 1. The molecule has 1 aliphatic heterocycles. The molecule has 21 heavy (non-hydrogen) atoms. The molecule has 112 valence electrons. The molecule has 0 radical (unpaired) electrons. The van der Waals surface area contributed by atoms with E-state index in [1.807, 2.05) is 0 Å². The third-order valence-corrected chi connectivity index (χ3v) is 4.03. The summed E-state index contributed by atoms with van der Waals surface area (Å²) in [6, 6.07) is 4.83. The van der Waals surface area contributed by atoms with Gasteiger partial charge < -0.3 is 15.3 Å². The SMILES string of the molecule is Cc1ccc(NC(=O)CCN2CCSC2=O)c(C(=O)O)c1. The van der Waals surface area contributed by atoms with Crippen LogP contribution in [-0.4, -0.2) is 46.0 Å². The van der Waals surface area contributed by atoms with E-state index in [4.69, 9.17) is 5.11 Å². The third kappa shape index (κ3) is 3.98. The molecule has 7 heteroatoms. The van der Waals surface area contributed by atoms with Gasteiger partial charge in [0.25, 0.3) is 5.24 Å². The van der Waals surface area contributed by atoms with E-state index in [0.717, 1.165) is 11.3 Å². The summed E-state index contributed by atoms with van der Waals surface area (Å²) in [6.07, 6.45) is 0.152. The quantitative estimate of drug-likeness (QED) is 0.870. The molecule has 0 unspecified atom stereocenters. The molecule has 2 amide bonds. The summed E-state index contributed by atoms with van der Waals surface area (Å²) in [5.74, 6) is -0.632. The molecule has 1 heterocycles. The lowest BCUT2D eigenvalue weighted by Gasteiger charge is -2.14. The van der Waals surface area contributed by atoms with E-state index in [1.54, 1.807) is 24.0 Å². The number of nitrogens with one attached hydrogen (secondary N) is 1. The Morgan fingerprint density at radius 3 is 2.81 bits per heavy atom. The van der Waals surface area contributed by atoms with Crippen molar-refractivity contribution in [1.82, 2.24) is 4.90 Å². The fraction of sp³-hybridized carbons (Fsp3) is 0.357. The van der Waals surface area contributed by atoms with Crippen LogP contribution in [0.5, 0.6) is 0 Å². The van der Waals surface area contributed by atoms with E-state index in [0.29, 0.717) is 13.1 Å². The highest BCUT2D eigenvalue weighted by Gasteiger charge is 2.21. The first-order valence-electron chi connectivity index (χ1n) is 6.53. The van der Waals surface area contributed by atoms with Crippen LogP contribution in [0.2, 0.25) is 0 Å². The highest BCUT2D eigenvalue weighted by Crippen LogP contribution is 2.19. The van der Waals surface area contributed by atoms with Gasteiger partial charge in [0, 0.05) is 25.3 Å². The van der Waals surface area contributed by atoms with Crippen LogP contribution in [0.15, 0.2) is 18.2 Å². The Labute approximate surface area is 126 Å². The number of thioether (sulfide) groups is 1. The van der Waals surface area contributed by atoms with Crippen LogP contribution in [0.25, 0.3) is 0 Å². The highest BCUT2D eigenvalue weighted by atomic mass is 32.2. The van der Waals surface area contributed by atoms with Crippen molar-refractivity contribution < 1.29 is 19.5 Å².